The molecule has 37 heavy (non-hydrogen) atoms. The Morgan fingerprint density at radius 2 is 1.68 bits per heavy atom. The first kappa shape index (κ1) is 23.5. The third kappa shape index (κ3) is 4.42. The third-order valence-electron chi connectivity index (χ3n) is 7.50. The van der Waals surface area contributed by atoms with E-state index in [1.807, 2.05) is 42.2 Å². The first-order valence-corrected chi connectivity index (χ1v) is 12.8. The van der Waals surface area contributed by atoms with E-state index in [4.69, 9.17) is 14.5 Å². The highest BCUT2D eigenvalue weighted by molar-refractivity contribution is 6.09. The van der Waals surface area contributed by atoms with Crippen molar-refractivity contribution in [2.45, 2.75) is 27.3 Å². The molecule has 1 saturated heterocycles. The zero-order chi connectivity index (χ0) is 25.5. The minimum atomic E-state index is 0.0883. The van der Waals surface area contributed by atoms with E-state index in [1.165, 1.54) is 11.1 Å². The second-order valence-electron chi connectivity index (χ2n) is 10.1. The second kappa shape index (κ2) is 9.52. The van der Waals surface area contributed by atoms with Crippen LogP contribution in [0.25, 0.3) is 22.2 Å². The van der Waals surface area contributed by atoms with Crippen LogP contribution < -0.4 is 9.47 Å². The molecule has 0 bridgehead atoms. The van der Waals surface area contributed by atoms with Crippen molar-refractivity contribution in [3.05, 3.63) is 88.5 Å². The summed E-state index contributed by atoms with van der Waals surface area (Å²) in [7, 11) is 0. The topological polar surface area (TPSA) is 54.9 Å². The summed E-state index contributed by atoms with van der Waals surface area (Å²) in [5.74, 6) is 1.70. The van der Waals surface area contributed by atoms with E-state index in [1.54, 1.807) is 0 Å². The average molecular weight is 494 g/mol. The van der Waals surface area contributed by atoms with Crippen LogP contribution in [0.4, 0.5) is 0 Å². The van der Waals surface area contributed by atoms with Gasteiger partial charge in [0.15, 0.2) is 11.5 Å². The molecule has 4 aromatic rings. The zero-order valence-corrected chi connectivity index (χ0v) is 21.6. The van der Waals surface area contributed by atoms with Gasteiger partial charge in [0.25, 0.3) is 5.91 Å². The first-order valence-electron chi connectivity index (χ1n) is 12.8. The number of pyridine rings is 1. The molecule has 188 valence electrons. The normalized spacial score (nSPS) is 15.4. The number of hydrogen-bond donors (Lipinski definition) is 0. The van der Waals surface area contributed by atoms with Crippen LogP contribution >= 0.6 is 0 Å². The predicted molar refractivity (Wildman–Crippen MR) is 145 cm³/mol. The summed E-state index contributed by atoms with van der Waals surface area (Å²) < 4.78 is 11.0. The van der Waals surface area contributed by atoms with E-state index in [9.17, 15) is 4.79 Å². The number of carbonyl (C=O) groups is 1. The van der Waals surface area contributed by atoms with E-state index in [0.29, 0.717) is 13.1 Å². The molecule has 0 N–H and O–H groups in total. The van der Waals surface area contributed by atoms with E-state index >= 15 is 0 Å². The van der Waals surface area contributed by atoms with E-state index in [0.717, 1.165) is 70.0 Å². The molecule has 0 radical (unpaired) electrons. The summed E-state index contributed by atoms with van der Waals surface area (Å²) in [6.45, 7) is 10.4. The number of piperazine rings is 1. The molecule has 0 spiro atoms. The Morgan fingerprint density at radius 3 is 2.51 bits per heavy atom. The fourth-order valence-corrected chi connectivity index (χ4v) is 5.40. The number of rotatable bonds is 4. The molecule has 0 unspecified atom stereocenters. The molecule has 1 amide bonds. The van der Waals surface area contributed by atoms with Crippen LogP contribution in [0.5, 0.6) is 11.5 Å². The lowest BCUT2D eigenvalue weighted by molar-refractivity contribution is 0.0629. The van der Waals surface area contributed by atoms with Crippen LogP contribution in [0.3, 0.4) is 0 Å². The Bertz CT molecular complexity index is 1510. The summed E-state index contributed by atoms with van der Waals surface area (Å²) in [6.07, 6.45) is 0. The number of aromatic nitrogens is 1. The fraction of sp³-hybridized carbons (Fsp3) is 0.290. The molecule has 1 aromatic heterocycles. The predicted octanol–water partition coefficient (Wildman–Crippen LogP) is 5.51. The smallest absolute Gasteiger partial charge is 0.254 e. The number of benzene rings is 3. The lowest BCUT2D eigenvalue weighted by atomic mass is 9.94. The summed E-state index contributed by atoms with van der Waals surface area (Å²) >= 11 is 0. The van der Waals surface area contributed by atoms with Crippen LogP contribution in [-0.4, -0.2) is 53.7 Å². The molecular weight excluding hydrogens is 462 g/mol. The Morgan fingerprint density at radius 1 is 0.892 bits per heavy atom. The van der Waals surface area contributed by atoms with Crippen molar-refractivity contribution in [2.75, 3.05) is 33.0 Å². The van der Waals surface area contributed by atoms with Crippen LogP contribution in [0.1, 0.15) is 32.6 Å². The van der Waals surface area contributed by atoms with Crippen molar-refractivity contribution in [1.29, 1.82) is 0 Å². The van der Waals surface area contributed by atoms with E-state index < -0.39 is 0 Å². The molecule has 6 nitrogen and oxygen atoms in total. The molecule has 2 aliphatic heterocycles. The van der Waals surface area contributed by atoms with Crippen LogP contribution in [0.2, 0.25) is 0 Å². The Balaban J connectivity index is 1.26. The fourth-order valence-electron chi connectivity index (χ4n) is 5.40. The number of para-hydroxylation sites is 1. The number of aryl methyl sites for hydroxylation is 2. The van der Waals surface area contributed by atoms with Gasteiger partial charge in [-0.2, -0.15) is 0 Å². The molecule has 6 rings (SSSR count). The monoisotopic (exact) mass is 493 g/mol. The van der Waals surface area contributed by atoms with Crippen molar-refractivity contribution in [3.63, 3.8) is 0 Å². The van der Waals surface area contributed by atoms with Gasteiger partial charge in [0.05, 0.1) is 16.8 Å². The summed E-state index contributed by atoms with van der Waals surface area (Å²) in [6, 6.07) is 20.5. The minimum absolute atomic E-state index is 0.0883. The number of hydrogen-bond acceptors (Lipinski definition) is 5. The molecule has 0 aliphatic carbocycles. The number of fused-ring (bicyclic) bond motifs is 2. The molecule has 6 heteroatoms. The largest absolute Gasteiger partial charge is 0.454 e. The highest BCUT2D eigenvalue weighted by Gasteiger charge is 2.27. The minimum Gasteiger partial charge on any atom is -0.454 e. The van der Waals surface area contributed by atoms with Gasteiger partial charge in [-0.1, -0.05) is 42.0 Å². The van der Waals surface area contributed by atoms with Crippen molar-refractivity contribution in [2.24, 2.45) is 0 Å². The van der Waals surface area contributed by atoms with Crippen molar-refractivity contribution in [3.8, 4) is 22.8 Å². The Labute approximate surface area is 217 Å². The number of ether oxygens (including phenoxy) is 2. The van der Waals surface area contributed by atoms with Crippen LogP contribution in [0, 0.1) is 20.8 Å². The maximum absolute atomic E-state index is 14.0. The van der Waals surface area contributed by atoms with Crippen molar-refractivity contribution >= 4 is 16.8 Å². The SMILES string of the molecule is Cc1ccc(C)c(-c2nc3ccccc3c(C(=O)N3CCN(Cc4ccc5c(c4)OCO5)CC3)c2C)c1. The van der Waals surface area contributed by atoms with Gasteiger partial charge in [0, 0.05) is 43.7 Å². The van der Waals surface area contributed by atoms with E-state index in [-0.39, 0.29) is 12.7 Å². The lowest BCUT2D eigenvalue weighted by Gasteiger charge is -2.35. The summed E-state index contributed by atoms with van der Waals surface area (Å²) in [5.41, 5.74) is 8.09. The van der Waals surface area contributed by atoms with Crippen LogP contribution in [0.15, 0.2) is 60.7 Å². The molecular formula is C31H31N3O3. The highest BCUT2D eigenvalue weighted by atomic mass is 16.7. The average Bonchev–Trinajstić information content (AvgIpc) is 3.38. The van der Waals surface area contributed by atoms with Crippen LogP contribution in [-0.2, 0) is 6.54 Å². The maximum atomic E-state index is 14.0. The van der Waals surface area contributed by atoms with Gasteiger partial charge in [-0.25, -0.2) is 4.98 Å². The molecule has 0 atom stereocenters. The number of nitrogens with zero attached hydrogens (tertiary/aromatic N) is 3. The molecule has 3 aromatic carbocycles. The van der Waals surface area contributed by atoms with Gasteiger partial charge in [-0.05, 0) is 61.7 Å². The lowest BCUT2D eigenvalue weighted by Crippen LogP contribution is -2.48. The first-order chi connectivity index (χ1) is 18.0. The van der Waals surface area contributed by atoms with E-state index in [2.05, 4.69) is 49.1 Å². The van der Waals surface area contributed by atoms with Gasteiger partial charge in [-0.3, -0.25) is 9.69 Å². The summed E-state index contributed by atoms with van der Waals surface area (Å²) in [5, 5.41) is 0.918. The number of carbonyl (C=O) groups excluding carboxylic acids is 1. The van der Waals surface area contributed by atoms with Crippen molar-refractivity contribution < 1.29 is 14.3 Å². The Hall–Kier alpha value is -3.90. The number of amides is 1. The van der Waals surface area contributed by atoms with Gasteiger partial charge in [0.2, 0.25) is 6.79 Å². The standard InChI is InChI=1S/C31H31N3O3/c1-20-8-9-21(2)25(16-20)30-22(3)29(24-6-4-5-7-26(24)32-30)31(35)34-14-12-33(13-15-34)18-23-10-11-27-28(17-23)37-19-36-27/h4-11,16-17H,12-15,18-19H2,1-3H3. The molecule has 2 aliphatic rings. The third-order valence-corrected chi connectivity index (χ3v) is 7.50. The molecule has 0 saturated carbocycles. The van der Waals surface area contributed by atoms with Gasteiger partial charge in [0.1, 0.15) is 0 Å². The maximum Gasteiger partial charge on any atom is 0.254 e. The molecule has 1 fully saturated rings. The summed E-state index contributed by atoms with van der Waals surface area (Å²) in [4.78, 5) is 23.4. The van der Waals surface area contributed by atoms with Crippen molar-refractivity contribution in [1.82, 2.24) is 14.8 Å². The van der Waals surface area contributed by atoms with Gasteiger partial charge < -0.3 is 14.4 Å². The zero-order valence-electron chi connectivity index (χ0n) is 21.6. The Kier molecular flexibility index (Phi) is 6.05. The second-order valence-corrected chi connectivity index (χ2v) is 10.1. The molecule has 3 heterocycles. The quantitative estimate of drug-likeness (QED) is 0.375. The van der Waals surface area contributed by atoms with Gasteiger partial charge in [-0.15, -0.1) is 0 Å². The highest BCUT2D eigenvalue weighted by Crippen LogP contribution is 2.34. The van der Waals surface area contributed by atoms with Gasteiger partial charge >= 0.3 is 0 Å².